The van der Waals surface area contributed by atoms with Gasteiger partial charge < -0.3 is 14.2 Å². The lowest BCUT2D eigenvalue weighted by Crippen LogP contribution is -2.37. The quantitative estimate of drug-likeness (QED) is 0.526. The number of terminal acetylenes is 1. The molecular weight excluding hydrogens is 252 g/mol. The second-order valence-corrected chi connectivity index (χ2v) is 5.99. The van der Waals surface area contributed by atoms with Crippen LogP contribution in [0.3, 0.4) is 0 Å². The molecule has 0 radical (unpaired) electrons. The van der Waals surface area contributed by atoms with Crippen LogP contribution >= 0.6 is 0 Å². The summed E-state index contributed by atoms with van der Waals surface area (Å²) < 4.78 is 18.1. The molecule has 1 heterocycles. The van der Waals surface area contributed by atoms with E-state index >= 15 is 0 Å². The summed E-state index contributed by atoms with van der Waals surface area (Å²) in [5.74, 6) is 2.25. The molecule has 3 nitrogen and oxygen atoms in total. The van der Waals surface area contributed by atoms with Crippen molar-refractivity contribution in [3.05, 3.63) is 0 Å². The van der Waals surface area contributed by atoms with Crippen LogP contribution in [0, 0.1) is 12.3 Å². The Labute approximate surface area is 123 Å². The summed E-state index contributed by atoms with van der Waals surface area (Å²) in [6.45, 7) is 3.23. The second-order valence-electron chi connectivity index (χ2n) is 5.99. The van der Waals surface area contributed by atoms with Crippen LogP contribution in [0.15, 0.2) is 0 Å². The molecule has 0 unspecified atom stereocenters. The summed E-state index contributed by atoms with van der Waals surface area (Å²) in [6, 6.07) is 0. The van der Waals surface area contributed by atoms with Gasteiger partial charge in [0.15, 0.2) is 5.79 Å². The van der Waals surface area contributed by atoms with Gasteiger partial charge >= 0.3 is 0 Å². The van der Waals surface area contributed by atoms with Crippen LogP contribution in [-0.2, 0) is 14.2 Å². The van der Waals surface area contributed by atoms with Gasteiger partial charge in [-0.05, 0) is 19.3 Å². The molecule has 1 saturated heterocycles. The summed E-state index contributed by atoms with van der Waals surface area (Å²) in [7, 11) is 0. The topological polar surface area (TPSA) is 27.7 Å². The van der Waals surface area contributed by atoms with Crippen LogP contribution < -0.4 is 0 Å². The first-order valence-electron chi connectivity index (χ1n) is 8.16. The molecule has 1 saturated carbocycles. The molecule has 0 aromatic rings. The largest absolute Gasteiger partial charge is 0.363 e. The molecule has 20 heavy (non-hydrogen) atoms. The number of hydrogen-bond acceptors (Lipinski definition) is 3. The number of hydrogen-bond donors (Lipinski definition) is 0. The molecule has 0 N–H and O–H groups in total. The van der Waals surface area contributed by atoms with Crippen molar-refractivity contribution in [2.45, 2.75) is 82.7 Å². The molecule has 2 rings (SSSR count). The third-order valence-electron chi connectivity index (χ3n) is 4.38. The maximum Gasteiger partial charge on any atom is 0.169 e. The molecule has 0 aromatic heterocycles. The van der Waals surface area contributed by atoms with Crippen molar-refractivity contribution in [3.63, 3.8) is 0 Å². The molecule has 0 bridgehead atoms. The molecule has 1 aliphatic heterocycles. The Kier molecular flexibility index (Phi) is 6.35. The van der Waals surface area contributed by atoms with Gasteiger partial charge in [0.05, 0.1) is 12.7 Å². The molecule has 3 heteroatoms. The average molecular weight is 280 g/mol. The molecule has 114 valence electrons. The zero-order valence-electron chi connectivity index (χ0n) is 12.7. The van der Waals surface area contributed by atoms with Gasteiger partial charge in [-0.15, -0.1) is 6.42 Å². The Hall–Kier alpha value is -0.560. The van der Waals surface area contributed by atoms with Crippen LogP contribution in [0.2, 0.25) is 0 Å². The van der Waals surface area contributed by atoms with Gasteiger partial charge in [0.2, 0.25) is 0 Å². The van der Waals surface area contributed by atoms with E-state index in [0.717, 1.165) is 19.3 Å². The van der Waals surface area contributed by atoms with Crippen molar-refractivity contribution in [3.8, 4) is 12.3 Å². The Morgan fingerprint density at radius 1 is 1.30 bits per heavy atom. The average Bonchev–Trinajstić information content (AvgIpc) is 2.87. The Bertz CT molecular complexity index is 315. The van der Waals surface area contributed by atoms with Gasteiger partial charge in [-0.2, -0.15) is 0 Å². The van der Waals surface area contributed by atoms with E-state index in [0.29, 0.717) is 13.2 Å². The van der Waals surface area contributed by atoms with Crippen molar-refractivity contribution in [1.82, 2.24) is 0 Å². The first kappa shape index (κ1) is 15.8. The highest BCUT2D eigenvalue weighted by Gasteiger charge is 2.44. The Morgan fingerprint density at radius 3 is 2.80 bits per heavy atom. The van der Waals surface area contributed by atoms with E-state index in [1.54, 1.807) is 0 Å². The second kappa shape index (κ2) is 8.02. The number of ether oxygens (including phenoxy) is 3. The van der Waals surface area contributed by atoms with Crippen LogP contribution in [0.4, 0.5) is 0 Å². The monoisotopic (exact) mass is 280 g/mol. The third kappa shape index (κ3) is 4.22. The van der Waals surface area contributed by atoms with Gasteiger partial charge in [-0.1, -0.05) is 38.5 Å². The first-order chi connectivity index (χ1) is 9.79. The fourth-order valence-corrected chi connectivity index (χ4v) is 3.24. The van der Waals surface area contributed by atoms with Gasteiger partial charge in [0, 0.05) is 12.8 Å². The summed E-state index contributed by atoms with van der Waals surface area (Å²) in [4.78, 5) is 0. The minimum Gasteiger partial charge on any atom is -0.363 e. The molecule has 2 atom stereocenters. The molecule has 2 aliphatic rings. The van der Waals surface area contributed by atoms with Crippen molar-refractivity contribution in [2.75, 3.05) is 13.2 Å². The lowest BCUT2D eigenvalue weighted by atomic mass is 9.94. The zero-order valence-corrected chi connectivity index (χ0v) is 12.7. The van der Waals surface area contributed by atoms with Crippen LogP contribution in [0.25, 0.3) is 0 Å². The highest BCUT2D eigenvalue weighted by molar-refractivity contribution is 4.88. The minimum absolute atomic E-state index is 0.0540. The maximum atomic E-state index is 6.26. The van der Waals surface area contributed by atoms with Crippen LogP contribution in [0.1, 0.15) is 64.7 Å². The van der Waals surface area contributed by atoms with E-state index in [9.17, 15) is 0 Å². The minimum atomic E-state index is -0.314. The zero-order chi connectivity index (χ0) is 14.3. The molecule has 0 amide bonds. The summed E-state index contributed by atoms with van der Waals surface area (Å²) >= 11 is 0. The lowest BCUT2D eigenvalue weighted by Gasteiger charge is -2.32. The fourth-order valence-electron chi connectivity index (χ4n) is 3.24. The molecule has 1 spiro atoms. The van der Waals surface area contributed by atoms with E-state index < -0.39 is 0 Å². The van der Waals surface area contributed by atoms with Crippen LogP contribution in [0.5, 0.6) is 0 Å². The molecule has 2 fully saturated rings. The smallest absolute Gasteiger partial charge is 0.169 e. The van der Waals surface area contributed by atoms with Gasteiger partial charge in [0.1, 0.15) is 12.7 Å². The maximum absolute atomic E-state index is 6.26. The number of rotatable bonds is 7. The standard InChI is InChI=1S/C17H28O3/c1-3-5-7-10-15(18-13-4-2)16-14-19-17(20-16)11-8-6-9-12-17/h2,15-16H,3,5-14H2,1H3/t15-,16+/m0/s1. The highest BCUT2D eigenvalue weighted by Crippen LogP contribution is 2.39. The normalized spacial score (nSPS) is 26.5. The van der Waals surface area contributed by atoms with E-state index in [1.165, 1.54) is 38.5 Å². The van der Waals surface area contributed by atoms with Crippen molar-refractivity contribution >= 4 is 0 Å². The number of unbranched alkanes of at least 4 members (excludes halogenated alkanes) is 2. The third-order valence-corrected chi connectivity index (χ3v) is 4.38. The first-order valence-corrected chi connectivity index (χ1v) is 8.16. The summed E-state index contributed by atoms with van der Waals surface area (Å²) in [5.41, 5.74) is 0. The van der Waals surface area contributed by atoms with Gasteiger partial charge in [-0.25, -0.2) is 0 Å². The van der Waals surface area contributed by atoms with E-state index in [4.69, 9.17) is 20.6 Å². The van der Waals surface area contributed by atoms with Gasteiger partial charge in [0.25, 0.3) is 0 Å². The summed E-state index contributed by atoms with van der Waals surface area (Å²) in [5, 5.41) is 0. The van der Waals surface area contributed by atoms with Crippen molar-refractivity contribution in [1.29, 1.82) is 0 Å². The van der Waals surface area contributed by atoms with Crippen molar-refractivity contribution < 1.29 is 14.2 Å². The molecular formula is C17H28O3. The lowest BCUT2D eigenvalue weighted by molar-refractivity contribution is -0.198. The molecule has 0 aromatic carbocycles. The fraction of sp³-hybridized carbons (Fsp3) is 0.882. The Balaban J connectivity index is 1.86. The van der Waals surface area contributed by atoms with Crippen LogP contribution in [-0.4, -0.2) is 31.2 Å². The molecule has 1 aliphatic carbocycles. The van der Waals surface area contributed by atoms with E-state index in [-0.39, 0.29) is 18.0 Å². The van der Waals surface area contributed by atoms with E-state index in [2.05, 4.69) is 12.8 Å². The van der Waals surface area contributed by atoms with Crippen molar-refractivity contribution in [2.24, 2.45) is 0 Å². The Morgan fingerprint density at radius 2 is 2.10 bits per heavy atom. The predicted octanol–water partition coefficient (Wildman–Crippen LogP) is 3.66. The summed E-state index contributed by atoms with van der Waals surface area (Å²) in [6.07, 6.45) is 15.8. The van der Waals surface area contributed by atoms with E-state index in [1.807, 2.05) is 0 Å². The SMILES string of the molecule is C#CCO[C@@H](CCCCC)[C@H]1COC2(CCCCC2)O1. The highest BCUT2D eigenvalue weighted by atomic mass is 16.8. The predicted molar refractivity (Wildman–Crippen MR) is 79.4 cm³/mol. The van der Waals surface area contributed by atoms with Gasteiger partial charge in [-0.3, -0.25) is 0 Å².